The monoisotopic (exact) mass is 510 g/mol. The van der Waals surface area contributed by atoms with E-state index in [0.717, 1.165) is 10.6 Å². The van der Waals surface area contributed by atoms with E-state index in [1.165, 1.54) is 0 Å². The highest BCUT2D eigenvalue weighted by Crippen LogP contribution is 2.56. The quantitative estimate of drug-likeness (QED) is 0.547. The van der Waals surface area contributed by atoms with Gasteiger partial charge in [0.2, 0.25) is 0 Å². The number of ether oxygens (including phenoxy) is 2. The van der Waals surface area contributed by atoms with Gasteiger partial charge in [0.15, 0.2) is 0 Å². The van der Waals surface area contributed by atoms with Crippen LogP contribution in [0.2, 0.25) is 0 Å². The second-order valence-corrected chi connectivity index (χ2v) is 11.3. The number of carbonyl (C=O) groups excluding carboxylic acids is 2. The predicted octanol–water partition coefficient (Wildman–Crippen LogP) is 5.04. The van der Waals surface area contributed by atoms with Gasteiger partial charge in [0.1, 0.15) is 16.6 Å². The number of hydrogen-bond donors (Lipinski definition) is 1. The van der Waals surface area contributed by atoms with E-state index >= 15 is 0 Å². The highest BCUT2D eigenvalue weighted by molar-refractivity contribution is 5.88. The molecule has 1 heterocycles. The van der Waals surface area contributed by atoms with Gasteiger partial charge in [-0.2, -0.15) is 5.26 Å². The molecule has 1 N–H and O–H groups in total. The van der Waals surface area contributed by atoms with Gasteiger partial charge in [-0.1, -0.05) is 0 Å². The van der Waals surface area contributed by atoms with Crippen LogP contribution in [-0.2, 0) is 19.7 Å². The van der Waals surface area contributed by atoms with Crippen molar-refractivity contribution in [2.24, 2.45) is 5.92 Å². The largest absolute Gasteiger partial charge is 0.481 e. The van der Waals surface area contributed by atoms with Crippen molar-refractivity contribution in [3.8, 4) is 11.8 Å². The first-order valence-corrected chi connectivity index (χ1v) is 12.2. The van der Waals surface area contributed by atoms with Crippen LogP contribution in [0.15, 0.2) is 36.8 Å². The molecule has 3 rings (SSSR count). The lowest BCUT2D eigenvalue weighted by atomic mass is 9.97. The van der Waals surface area contributed by atoms with Gasteiger partial charge in [0, 0.05) is 18.4 Å². The molecule has 0 radical (unpaired) electrons. The zero-order valence-corrected chi connectivity index (χ0v) is 22.1. The molecule has 1 aliphatic carbocycles. The molecule has 0 spiro atoms. The Hall–Kier alpha value is -3.87. The fraction of sp³-hybridized carbons (Fsp3) is 0.519. The summed E-state index contributed by atoms with van der Waals surface area (Å²) in [5, 5.41) is 19.1. The van der Waals surface area contributed by atoms with Crippen molar-refractivity contribution in [3.05, 3.63) is 48.0 Å². The Morgan fingerprint density at radius 2 is 1.68 bits per heavy atom. The zero-order chi connectivity index (χ0) is 27.6. The fourth-order valence-corrected chi connectivity index (χ4v) is 4.15. The number of imide groups is 1. The number of benzene rings is 1. The molecule has 1 aromatic carbocycles. The van der Waals surface area contributed by atoms with Crippen LogP contribution in [-0.4, -0.2) is 55.5 Å². The third-order valence-corrected chi connectivity index (χ3v) is 5.98. The summed E-state index contributed by atoms with van der Waals surface area (Å²) >= 11 is 0. The van der Waals surface area contributed by atoms with Crippen molar-refractivity contribution in [1.82, 2.24) is 14.5 Å². The van der Waals surface area contributed by atoms with Crippen LogP contribution in [0.3, 0.4) is 0 Å². The number of hydrogen-bond acceptors (Lipinski definition) is 7. The van der Waals surface area contributed by atoms with Crippen LogP contribution in [0, 0.1) is 17.2 Å². The number of carbonyl (C=O) groups is 3. The average Bonchev–Trinajstić information content (AvgIpc) is 3.30. The van der Waals surface area contributed by atoms with E-state index in [2.05, 4.69) is 11.1 Å². The van der Waals surface area contributed by atoms with Gasteiger partial charge in [-0.15, -0.1) is 0 Å². The number of amides is 2. The summed E-state index contributed by atoms with van der Waals surface area (Å²) in [7, 11) is 0. The lowest BCUT2D eigenvalue weighted by molar-refractivity contribution is -0.140. The predicted molar refractivity (Wildman–Crippen MR) is 134 cm³/mol. The number of carboxylic acids is 1. The first-order chi connectivity index (χ1) is 17.2. The van der Waals surface area contributed by atoms with Crippen molar-refractivity contribution in [1.29, 1.82) is 5.26 Å². The van der Waals surface area contributed by atoms with Gasteiger partial charge < -0.3 is 19.1 Å². The Bertz CT molecular complexity index is 1170. The Labute approximate surface area is 216 Å². The van der Waals surface area contributed by atoms with Crippen LogP contribution in [0.25, 0.3) is 5.69 Å². The third-order valence-electron chi connectivity index (χ3n) is 5.98. The van der Waals surface area contributed by atoms with Crippen molar-refractivity contribution >= 4 is 18.2 Å². The molecule has 1 aliphatic rings. The molecule has 2 atom stereocenters. The molecule has 2 aromatic rings. The molecule has 37 heavy (non-hydrogen) atoms. The Balaban J connectivity index is 1.69. The SMILES string of the molecule is CC(C)(C)OC(=O)N(CCC[C@H]1CC1(C(=O)O)c1cn(-c2ccc(C#N)cc2)cn1)C(=O)OC(C)(C)C. The van der Waals surface area contributed by atoms with Crippen molar-refractivity contribution in [3.63, 3.8) is 0 Å². The minimum atomic E-state index is -1.12. The topological polar surface area (TPSA) is 135 Å². The lowest BCUT2D eigenvalue weighted by Gasteiger charge is -2.28. The molecule has 1 aromatic heterocycles. The molecule has 1 saturated carbocycles. The highest BCUT2D eigenvalue weighted by Gasteiger charge is 2.62. The van der Waals surface area contributed by atoms with Crippen LogP contribution in [0.1, 0.15) is 72.1 Å². The molecule has 1 fully saturated rings. The van der Waals surface area contributed by atoms with Gasteiger partial charge in [-0.25, -0.2) is 19.5 Å². The van der Waals surface area contributed by atoms with Gasteiger partial charge in [-0.3, -0.25) is 4.79 Å². The number of nitriles is 1. The van der Waals surface area contributed by atoms with E-state index in [-0.39, 0.29) is 12.5 Å². The lowest BCUT2D eigenvalue weighted by Crippen LogP contribution is -2.44. The normalized spacial score (nSPS) is 19.0. The summed E-state index contributed by atoms with van der Waals surface area (Å²) in [6, 6.07) is 8.97. The third kappa shape index (κ3) is 6.67. The van der Waals surface area contributed by atoms with Crippen LogP contribution in [0.4, 0.5) is 9.59 Å². The number of nitrogens with zero attached hydrogens (tertiary/aromatic N) is 4. The molecule has 10 nitrogen and oxygen atoms in total. The maximum atomic E-state index is 12.7. The van der Waals surface area contributed by atoms with E-state index in [1.54, 1.807) is 82.9 Å². The highest BCUT2D eigenvalue weighted by atomic mass is 16.6. The van der Waals surface area contributed by atoms with Gasteiger partial charge in [-0.05, 0) is 91.0 Å². The number of rotatable bonds is 7. The maximum absolute atomic E-state index is 12.7. The molecule has 0 saturated heterocycles. The minimum absolute atomic E-state index is 0.0374. The van der Waals surface area contributed by atoms with Crippen molar-refractivity contribution < 1.29 is 29.0 Å². The molecule has 1 unspecified atom stereocenters. The summed E-state index contributed by atoms with van der Waals surface area (Å²) in [5.41, 5.74) is -0.966. The molecular weight excluding hydrogens is 476 g/mol. The summed E-state index contributed by atoms with van der Waals surface area (Å²) in [6.07, 6.45) is 2.91. The summed E-state index contributed by atoms with van der Waals surface area (Å²) < 4.78 is 12.5. The van der Waals surface area contributed by atoms with Crippen LogP contribution in [0.5, 0.6) is 0 Å². The first-order valence-electron chi connectivity index (χ1n) is 12.2. The second kappa shape index (κ2) is 10.2. The summed E-state index contributed by atoms with van der Waals surface area (Å²) in [5.74, 6) is -1.16. The van der Waals surface area contributed by atoms with E-state index in [1.807, 2.05) is 0 Å². The Kier molecular flexibility index (Phi) is 7.67. The maximum Gasteiger partial charge on any atom is 0.419 e. The van der Waals surface area contributed by atoms with Crippen molar-refractivity contribution in [2.45, 2.75) is 77.4 Å². The van der Waals surface area contributed by atoms with Crippen molar-refractivity contribution in [2.75, 3.05) is 6.54 Å². The molecule has 0 aliphatic heterocycles. The van der Waals surface area contributed by atoms with Gasteiger partial charge in [0.05, 0.1) is 23.7 Å². The number of aromatic nitrogens is 2. The molecule has 2 amide bonds. The standard InChI is InChI=1S/C27H34N4O6/c1-25(2,3)36-23(34)31(24(35)37-26(4,5)6)13-7-8-19-14-27(19,22(32)33)21-16-30(17-29-21)20-11-9-18(15-28)10-12-20/h9-12,16-17,19H,7-8,13-14H2,1-6H3,(H,32,33)/t19-,27?/m0/s1. The number of imidazole rings is 1. The van der Waals surface area contributed by atoms with E-state index in [9.17, 15) is 19.5 Å². The molecule has 0 bridgehead atoms. The van der Waals surface area contributed by atoms with E-state index < -0.39 is 34.8 Å². The fourth-order valence-electron chi connectivity index (χ4n) is 4.15. The summed E-state index contributed by atoms with van der Waals surface area (Å²) in [6.45, 7) is 10.3. The zero-order valence-electron chi connectivity index (χ0n) is 22.1. The molecular formula is C27H34N4O6. The minimum Gasteiger partial charge on any atom is -0.481 e. The second-order valence-electron chi connectivity index (χ2n) is 11.3. The number of aliphatic carboxylic acids is 1. The van der Waals surface area contributed by atoms with Gasteiger partial charge >= 0.3 is 18.2 Å². The molecule has 198 valence electrons. The first kappa shape index (κ1) is 27.7. The summed E-state index contributed by atoms with van der Waals surface area (Å²) in [4.78, 5) is 43.0. The number of carboxylic acid groups (broad SMARTS) is 1. The Morgan fingerprint density at radius 1 is 1.11 bits per heavy atom. The van der Waals surface area contributed by atoms with E-state index in [4.69, 9.17) is 14.7 Å². The molecule has 10 heteroatoms. The Morgan fingerprint density at radius 3 is 2.16 bits per heavy atom. The van der Waals surface area contributed by atoms with Crippen LogP contribution < -0.4 is 0 Å². The smallest absolute Gasteiger partial charge is 0.419 e. The van der Waals surface area contributed by atoms with Gasteiger partial charge in [0.25, 0.3) is 0 Å². The van der Waals surface area contributed by atoms with Crippen LogP contribution >= 0.6 is 0 Å². The van der Waals surface area contributed by atoms with E-state index in [0.29, 0.717) is 30.5 Å². The average molecular weight is 511 g/mol.